The summed E-state index contributed by atoms with van der Waals surface area (Å²) in [5.74, 6) is 0.869. The van der Waals surface area contributed by atoms with Crippen LogP contribution in [0.3, 0.4) is 0 Å². The van der Waals surface area contributed by atoms with Crippen molar-refractivity contribution in [3.05, 3.63) is 29.8 Å². The zero-order chi connectivity index (χ0) is 17.8. The number of rotatable bonds is 5. The number of benzene rings is 1. The number of hydrogen-bond donors (Lipinski definition) is 0. The van der Waals surface area contributed by atoms with E-state index >= 15 is 0 Å². The van der Waals surface area contributed by atoms with E-state index in [-0.39, 0.29) is 5.91 Å². The molecule has 0 N–H and O–H groups in total. The van der Waals surface area contributed by atoms with Crippen molar-refractivity contribution >= 4 is 5.91 Å². The molecule has 1 aromatic carbocycles. The second-order valence-electron chi connectivity index (χ2n) is 7.27. The Balaban J connectivity index is 1.49. The Bertz CT molecular complexity index is 567. The molecule has 0 saturated carbocycles. The second kappa shape index (κ2) is 8.19. The Labute approximate surface area is 151 Å². The number of likely N-dealkylation sites (N-methyl/N-ethyl adjacent to an activating group) is 1. The topological polar surface area (TPSA) is 36.0 Å². The molecule has 2 saturated heterocycles. The third-order valence-electron chi connectivity index (χ3n) is 5.53. The summed E-state index contributed by atoms with van der Waals surface area (Å²) in [6, 6.07) is 8.38. The highest BCUT2D eigenvalue weighted by atomic mass is 16.5. The first kappa shape index (κ1) is 18.2. The molecule has 2 aliphatic heterocycles. The Kier molecular flexibility index (Phi) is 5.97. The number of aryl methyl sites for hydroxylation is 1. The van der Waals surface area contributed by atoms with Gasteiger partial charge in [-0.25, -0.2) is 0 Å². The average molecular weight is 345 g/mol. The summed E-state index contributed by atoms with van der Waals surface area (Å²) in [7, 11) is 0. The number of nitrogens with zero attached hydrogens (tertiary/aromatic N) is 3. The third-order valence-corrected chi connectivity index (χ3v) is 5.53. The highest BCUT2D eigenvalue weighted by molar-refractivity contribution is 5.81. The van der Waals surface area contributed by atoms with Gasteiger partial charge in [-0.1, -0.05) is 24.6 Å². The van der Waals surface area contributed by atoms with Crippen LogP contribution in [0.4, 0.5) is 0 Å². The van der Waals surface area contributed by atoms with Gasteiger partial charge < -0.3 is 14.5 Å². The molecule has 0 aromatic heterocycles. The van der Waals surface area contributed by atoms with Crippen LogP contribution in [0, 0.1) is 6.92 Å². The lowest BCUT2D eigenvalue weighted by atomic mass is 10.2. The molecule has 0 spiro atoms. The number of piperazine rings is 1. The maximum absolute atomic E-state index is 12.7. The summed E-state index contributed by atoms with van der Waals surface area (Å²) < 4.78 is 5.84. The first-order chi connectivity index (χ1) is 12.1. The molecule has 25 heavy (non-hydrogen) atoms. The van der Waals surface area contributed by atoms with Crippen LogP contribution in [0.2, 0.25) is 0 Å². The lowest BCUT2D eigenvalue weighted by molar-refractivity contribution is -0.137. The molecule has 1 aromatic rings. The van der Waals surface area contributed by atoms with Crippen molar-refractivity contribution in [2.24, 2.45) is 0 Å². The minimum Gasteiger partial charge on any atom is -0.481 e. The highest BCUT2D eigenvalue weighted by Gasteiger charge is 2.33. The van der Waals surface area contributed by atoms with E-state index in [0.717, 1.165) is 58.0 Å². The van der Waals surface area contributed by atoms with E-state index < -0.39 is 6.10 Å². The standard InChI is InChI=1S/C20H31N3O2/c1-4-21-11-13-22(14-12-21)18-9-10-23(15-18)20(24)17(3)25-19-7-5-16(2)6-8-19/h5-8,17-18H,4,9-15H2,1-3H3/t17-,18+/m1/s1. The fraction of sp³-hybridized carbons (Fsp3) is 0.650. The molecule has 2 atom stereocenters. The molecule has 2 heterocycles. The van der Waals surface area contributed by atoms with Crippen molar-refractivity contribution in [3.8, 4) is 5.75 Å². The summed E-state index contributed by atoms with van der Waals surface area (Å²) in [5, 5.41) is 0. The summed E-state index contributed by atoms with van der Waals surface area (Å²) in [4.78, 5) is 19.8. The molecule has 5 heteroatoms. The fourth-order valence-electron chi connectivity index (χ4n) is 3.81. The molecular weight excluding hydrogens is 314 g/mol. The Morgan fingerprint density at radius 2 is 1.84 bits per heavy atom. The van der Waals surface area contributed by atoms with Crippen molar-refractivity contribution < 1.29 is 9.53 Å². The Morgan fingerprint density at radius 3 is 2.48 bits per heavy atom. The molecule has 138 valence electrons. The van der Waals surface area contributed by atoms with E-state index in [2.05, 4.69) is 16.7 Å². The van der Waals surface area contributed by atoms with Crippen LogP contribution in [-0.4, -0.2) is 78.6 Å². The van der Waals surface area contributed by atoms with Gasteiger partial charge in [0.15, 0.2) is 6.10 Å². The van der Waals surface area contributed by atoms with Gasteiger partial charge in [0.1, 0.15) is 5.75 Å². The highest BCUT2D eigenvalue weighted by Crippen LogP contribution is 2.20. The van der Waals surface area contributed by atoms with Gasteiger partial charge >= 0.3 is 0 Å². The van der Waals surface area contributed by atoms with E-state index in [1.807, 2.05) is 43.0 Å². The molecule has 3 rings (SSSR count). The minimum absolute atomic E-state index is 0.107. The van der Waals surface area contributed by atoms with Crippen molar-refractivity contribution in [3.63, 3.8) is 0 Å². The van der Waals surface area contributed by atoms with Crippen LogP contribution in [0.15, 0.2) is 24.3 Å². The van der Waals surface area contributed by atoms with Crippen LogP contribution in [-0.2, 0) is 4.79 Å². The summed E-state index contributed by atoms with van der Waals surface area (Å²) in [6.45, 7) is 13.5. The van der Waals surface area contributed by atoms with E-state index in [0.29, 0.717) is 6.04 Å². The number of hydrogen-bond acceptors (Lipinski definition) is 4. The van der Waals surface area contributed by atoms with Crippen LogP contribution in [0.5, 0.6) is 5.75 Å². The van der Waals surface area contributed by atoms with Gasteiger partial charge in [-0.2, -0.15) is 0 Å². The first-order valence-corrected chi connectivity index (χ1v) is 9.55. The molecule has 0 unspecified atom stereocenters. The quantitative estimate of drug-likeness (QED) is 0.818. The number of carbonyl (C=O) groups excluding carboxylic acids is 1. The van der Waals surface area contributed by atoms with E-state index in [1.165, 1.54) is 5.56 Å². The molecule has 5 nitrogen and oxygen atoms in total. The number of carbonyl (C=O) groups is 1. The van der Waals surface area contributed by atoms with Crippen LogP contribution in [0.1, 0.15) is 25.8 Å². The SMILES string of the molecule is CCN1CCN([C@H]2CCN(C(=O)[C@@H](C)Oc3ccc(C)cc3)C2)CC1. The van der Waals surface area contributed by atoms with E-state index in [1.54, 1.807) is 0 Å². The van der Waals surface area contributed by atoms with Crippen molar-refractivity contribution in [2.75, 3.05) is 45.8 Å². The van der Waals surface area contributed by atoms with E-state index in [9.17, 15) is 4.79 Å². The maximum Gasteiger partial charge on any atom is 0.263 e. The summed E-state index contributed by atoms with van der Waals surface area (Å²) in [6.07, 6.45) is 0.646. The number of amides is 1. The molecule has 0 aliphatic carbocycles. The van der Waals surface area contributed by atoms with Gasteiger partial charge in [0.2, 0.25) is 0 Å². The molecule has 0 bridgehead atoms. The first-order valence-electron chi connectivity index (χ1n) is 9.55. The van der Waals surface area contributed by atoms with Crippen molar-refractivity contribution in [1.29, 1.82) is 0 Å². The normalized spacial score (nSPS) is 23.6. The Hall–Kier alpha value is -1.59. The maximum atomic E-state index is 12.7. The van der Waals surface area contributed by atoms with Gasteiger partial charge in [-0.05, 0) is 38.9 Å². The Morgan fingerprint density at radius 1 is 1.16 bits per heavy atom. The molecule has 2 fully saturated rings. The lowest BCUT2D eigenvalue weighted by Gasteiger charge is -2.37. The minimum atomic E-state index is -0.432. The zero-order valence-electron chi connectivity index (χ0n) is 15.8. The summed E-state index contributed by atoms with van der Waals surface area (Å²) >= 11 is 0. The zero-order valence-corrected chi connectivity index (χ0v) is 15.8. The third kappa shape index (κ3) is 4.53. The largest absolute Gasteiger partial charge is 0.481 e. The monoisotopic (exact) mass is 345 g/mol. The fourth-order valence-corrected chi connectivity index (χ4v) is 3.81. The molecule has 0 radical (unpaired) electrons. The van der Waals surface area contributed by atoms with Crippen LogP contribution < -0.4 is 4.74 Å². The number of likely N-dealkylation sites (tertiary alicyclic amines) is 1. The predicted octanol–water partition coefficient (Wildman–Crippen LogP) is 2.00. The summed E-state index contributed by atoms with van der Waals surface area (Å²) in [5.41, 5.74) is 1.19. The average Bonchev–Trinajstić information content (AvgIpc) is 3.13. The van der Waals surface area contributed by atoms with Gasteiger partial charge in [0.25, 0.3) is 5.91 Å². The predicted molar refractivity (Wildman–Crippen MR) is 99.9 cm³/mol. The van der Waals surface area contributed by atoms with Crippen LogP contribution in [0.25, 0.3) is 0 Å². The van der Waals surface area contributed by atoms with Gasteiger partial charge in [-0.3, -0.25) is 9.69 Å². The molecule has 2 aliphatic rings. The number of ether oxygens (including phenoxy) is 1. The second-order valence-corrected chi connectivity index (χ2v) is 7.27. The van der Waals surface area contributed by atoms with Gasteiger partial charge in [0, 0.05) is 45.3 Å². The van der Waals surface area contributed by atoms with E-state index in [4.69, 9.17) is 4.74 Å². The molecular formula is C20H31N3O2. The van der Waals surface area contributed by atoms with Gasteiger partial charge in [-0.15, -0.1) is 0 Å². The smallest absolute Gasteiger partial charge is 0.263 e. The van der Waals surface area contributed by atoms with Crippen molar-refractivity contribution in [1.82, 2.24) is 14.7 Å². The van der Waals surface area contributed by atoms with Gasteiger partial charge in [0.05, 0.1) is 0 Å². The molecule has 1 amide bonds. The van der Waals surface area contributed by atoms with Crippen molar-refractivity contribution in [2.45, 2.75) is 39.3 Å². The lowest BCUT2D eigenvalue weighted by Crippen LogP contribution is -2.51. The van der Waals surface area contributed by atoms with Crippen LogP contribution >= 0.6 is 0 Å².